The predicted molar refractivity (Wildman–Crippen MR) is 43.9 cm³/mol. The number of carbonyl (C=O) groups is 1. The zero-order valence-electron chi connectivity index (χ0n) is 7.45. The number of rotatable bonds is 9. The first kappa shape index (κ1) is 11.4. The normalized spacial score (nSPS) is 9.75. The minimum absolute atomic E-state index is 0.429. The minimum atomic E-state index is 0.429. The highest BCUT2D eigenvalue weighted by molar-refractivity contribution is 5.36. The Bertz CT molecular complexity index is 95.1. The lowest BCUT2D eigenvalue weighted by molar-refractivity contribution is -0.129. The van der Waals surface area contributed by atoms with Crippen LogP contribution in [0.4, 0.5) is 0 Å². The van der Waals surface area contributed by atoms with Crippen LogP contribution in [-0.2, 0) is 19.0 Å². The van der Waals surface area contributed by atoms with Crippen LogP contribution in [0.15, 0.2) is 0 Å². The van der Waals surface area contributed by atoms with Crippen molar-refractivity contribution in [3.8, 4) is 0 Å². The standard InChI is InChI=1S/C8H16O4/c1-2-10-6-7-11-4-3-5-12-8-9/h8H,2-7H2,1H3. The summed E-state index contributed by atoms with van der Waals surface area (Å²) < 4.78 is 14.7. The van der Waals surface area contributed by atoms with E-state index in [1.165, 1.54) is 0 Å². The highest BCUT2D eigenvalue weighted by atomic mass is 16.5. The molecule has 0 fully saturated rings. The molecule has 0 aromatic rings. The fraction of sp³-hybridized carbons (Fsp3) is 0.875. The summed E-state index contributed by atoms with van der Waals surface area (Å²) in [5.74, 6) is 0. The Morgan fingerprint density at radius 3 is 2.50 bits per heavy atom. The van der Waals surface area contributed by atoms with Gasteiger partial charge in [0.1, 0.15) is 0 Å². The molecule has 0 saturated heterocycles. The van der Waals surface area contributed by atoms with Crippen molar-refractivity contribution in [2.45, 2.75) is 13.3 Å². The molecule has 0 unspecified atom stereocenters. The molecule has 0 radical (unpaired) electrons. The molecule has 0 aromatic carbocycles. The SMILES string of the molecule is CCOCCOCCCOC=O. The van der Waals surface area contributed by atoms with Gasteiger partial charge in [-0.15, -0.1) is 0 Å². The molecular weight excluding hydrogens is 160 g/mol. The third-order valence-electron chi connectivity index (χ3n) is 1.20. The molecule has 12 heavy (non-hydrogen) atoms. The number of carbonyl (C=O) groups excluding carboxylic acids is 1. The summed E-state index contributed by atoms with van der Waals surface area (Å²) in [4.78, 5) is 9.70. The van der Waals surface area contributed by atoms with Crippen LogP contribution in [0.3, 0.4) is 0 Å². The second kappa shape index (κ2) is 10.4. The highest BCUT2D eigenvalue weighted by Gasteiger charge is 1.89. The van der Waals surface area contributed by atoms with Crippen molar-refractivity contribution in [3.63, 3.8) is 0 Å². The summed E-state index contributed by atoms with van der Waals surface area (Å²) in [7, 11) is 0. The van der Waals surface area contributed by atoms with Gasteiger partial charge in [-0.1, -0.05) is 0 Å². The Hall–Kier alpha value is -0.610. The Morgan fingerprint density at radius 2 is 1.83 bits per heavy atom. The van der Waals surface area contributed by atoms with Gasteiger partial charge in [-0.05, 0) is 6.92 Å². The molecule has 0 aliphatic heterocycles. The lowest BCUT2D eigenvalue weighted by atomic mass is 10.5. The number of ether oxygens (including phenoxy) is 3. The molecule has 0 aliphatic carbocycles. The molecule has 0 bridgehead atoms. The van der Waals surface area contributed by atoms with Crippen molar-refractivity contribution < 1.29 is 19.0 Å². The zero-order chi connectivity index (χ0) is 9.07. The van der Waals surface area contributed by atoms with E-state index >= 15 is 0 Å². The average Bonchev–Trinajstić information content (AvgIpc) is 2.10. The van der Waals surface area contributed by atoms with Gasteiger partial charge in [0.25, 0.3) is 6.47 Å². The third kappa shape index (κ3) is 9.39. The molecule has 0 N–H and O–H groups in total. The van der Waals surface area contributed by atoms with E-state index in [1.54, 1.807) is 0 Å². The van der Waals surface area contributed by atoms with Crippen molar-refractivity contribution in [1.82, 2.24) is 0 Å². The van der Waals surface area contributed by atoms with Crippen LogP contribution in [0.25, 0.3) is 0 Å². The maximum Gasteiger partial charge on any atom is 0.293 e. The first-order chi connectivity index (χ1) is 5.91. The van der Waals surface area contributed by atoms with Crippen molar-refractivity contribution in [3.05, 3.63) is 0 Å². The summed E-state index contributed by atoms with van der Waals surface area (Å²) in [5, 5.41) is 0. The molecule has 0 saturated carbocycles. The van der Waals surface area contributed by atoms with Crippen molar-refractivity contribution in [2.24, 2.45) is 0 Å². The Balaban J connectivity index is 2.77. The molecule has 4 nitrogen and oxygen atoms in total. The van der Waals surface area contributed by atoms with E-state index in [9.17, 15) is 4.79 Å². The van der Waals surface area contributed by atoms with Gasteiger partial charge in [-0.25, -0.2) is 0 Å². The fourth-order valence-electron chi connectivity index (χ4n) is 0.657. The lowest BCUT2D eigenvalue weighted by Crippen LogP contribution is -2.06. The highest BCUT2D eigenvalue weighted by Crippen LogP contribution is 1.84. The molecular formula is C8H16O4. The summed E-state index contributed by atoms with van der Waals surface area (Å²) in [6, 6.07) is 0. The molecule has 0 heterocycles. The van der Waals surface area contributed by atoms with Gasteiger partial charge in [0, 0.05) is 19.6 Å². The molecule has 0 aliphatic rings. The molecule has 0 rings (SSSR count). The largest absolute Gasteiger partial charge is 0.468 e. The van der Waals surface area contributed by atoms with Crippen LogP contribution in [0.2, 0.25) is 0 Å². The summed E-state index contributed by atoms with van der Waals surface area (Å²) in [5.41, 5.74) is 0. The van der Waals surface area contributed by atoms with Gasteiger partial charge in [-0.2, -0.15) is 0 Å². The van der Waals surface area contributed by atoms with Crippen molar-refractivity contribution in [1.29, 1.82) is 0 Å². The lowest BCUT2D eigenvalue weighted by Gasteiger charge is -2.03. The second-order valence-electron chi connectivity index (χ2n) is 2.13. The Labute approximate surface area is 72.8 Å². The quantitative estimate of drug-likeness (QED) is 0.381. The molecule has 72 valence electrons. The zero-order valence-corrected chi connectivity index (χ0v) is 7.45. The molecule has 0 atom stereocenters. The van der Waals surface area contributed by atoms with E-state index in [0.717, 1.165) is 13.0 Å². The topological polar surface area (TPSA) is 44.8 Å². The Kier molecular flexibility index (Phi) is 9.86. The van der Waals surface area contributed by atoms with Crippen LogP contribution >= 0.6 is 0 Å². The second-order valence-corrected chi connectivity index (χ2v) is 2.13. The van der Waals surface area contributed by atoms with E-state index in [1.807, 2.05) is 6.92 Å². The van der Waals surface area contributed by atoms with Gasteiger partial charge in [0.15, 0.2) is 0 Å². The molecule has 0 spiro atoms. The summed E-state index contributed by atoms with van der Waals surface area (Å²) >= 11 is 0. The van der Waals surface area contributed by atoms with Crippen molar-refractivity contribution in [2.75, 3.05) is 33.0 Å². The van der Waals surface area contributed by atoms with E-state index in [0.29, 0.717) is 32.9 Å². The van der Waals surface area contributed by atoms with E-state index < -0.39 is 0 Å². The van der Waals surface area contributed by atoms with Gasteiger partial charge in [0.2, 0.25) is 0 Å². The van der Waals surface area contributed by atoms with Crippen molar-refractivity contribution >= 4 is 6.47 Å². The third-order valence-corrected chi connectivity index (χ3v) is 1.20. The monoisotopic (exact) mass is 176 g/mol. The number of hydrogen-bond acceptors (Lipinski definition) is 4. The van der Waals surface area contributed by atoms with Crippen LogP contribution < -0.4 is 0 Å². The van der Waals surface area contributed by atoms with Crippen LogP contribution in [0.5, 0.6) is 0 Å². The first-order valence-electron chi connectivity index (χ1n) is 4.12. The average molecular weight is 176 g/mol. The van der Waals surface area contributed by atoms with Gasteiger partial charge in [-0.3, -0.25) is 4.79 Å². The van der Waals surface area contributed by atoms with Gasteiger partial charge in [0.05, 0.1) is 19.8 Å². The van der Waals surface area contributed by atoms with E-state index in [4.69, 9.17) is 9.47 Å². The maximum absolute atomic E-state index is 9.70. The first-order valence-corrected chi connectivity index (χ1v) is 4.12. The summed E-state index contributed by atoms with van der Waals surface area (Å²) in [6.45, 7) is 5.38. The van der Waals surface area contributed by atoms with Crippen LogP contribution in [0, 0.1) is 0 Å². The van der Waals surface area contributed by atoms with E-state index in [2.05, 4.69) is 4.74 Å². The fourth-order valence-corrected chi connectivity index (χ4v) is 0.657. The minimum Gasteiger partial charge on any atom is -0.468 e. The van der Waals surface area contributed by atoms with E-state index in [-0.39, 0.29) is 0 Å². The molecule has 0 aromatic heterocycles. The predicted octanol–water partition coefficient (Wildman–Crippen LogP) is 0.603. The smallest absolute Gasteiger partial charge is 0.293 e. The number of hydrogen-bond donors (Lipinski definition) is 0. The van der Waals surface area contributed by atoms with Gasteiger partial charge < -0.3 is 14.2 Å². The van der Waals surface area contributed by atoms with Gasteiger partial charge >= 0.3 is 0 Å². The summed E-state index contributed by atoms with van der Waals surface area (Å²) in [6.07, 6.45) is 0.741. The maximum atomic E-state index is 9.70. The van der Waals surface area contributed by atoms with Crippen LogP contribution in [0.1, 0.15) is 13.3 Å². The molecule has 4 heteroatoms. The van der Waals surface area contributed by atoms with Crippen LogP contribution in [-0.4, -0.2) is 39.5 Å². The molecule has 0 amide bonds. The Morgan fingerprint density at radius 1 is 1.08 bits per heavy atom.